The monoisotopic (exact) mass is 430 g/mol. The zero-order valence-corrected chi connectivity index (χ0v) is 18.3. The Morgan fingerprint density at radius 1 is 1.03 bits per heavy atom. The molecule has 0 spiro atoms. The van der Waals surface area contributed by atoms with E-state index in [0.717, 1.165) is 57.2 Å². The molecule has 7 heteroatoms. The van der Waals surface area contributed by atoms with Crippen LogP contribution in [0.25, 0.3) is 17.0 Å². The van der Waals surface area contributed by atoms with Crippen molar-refractivity contribution in [3.05, 3.63) is 71.8 Å². The number of aromatic nitrogens is 3. The van der Waals surface area contributed by atoms with Crippen molar-refractivity contribution in [1.29, 1.82) is 0 Å². The lowest BCUT2D eigenvalue weighted by molar-refractivity contribution is 0.312. The second kappa shape index (κ2) is 9.04. The first-order valence-corrected chi connectivity index (χ1v) is 11.1. The number of pyridine rings is 1. The van der Waals surface area contributed by atoms with E-state index < -0.39 is 5.82 Å². The number of nitrogens with one attached hydrogen (secondary N) is 1. The number of hydrogen-bond acceptors (Lipinski definition) is 6. The first-order valence-electron chi connectivity index (χ1n) is 11.1. The molecule has 6 nitrogen and oxygen atoms in total. The summed E-state index contributed by atoms with van der Waals surface area (Å²) in [4.78, 5) is 18.0. The summed E-state index contributed by atoms with van der Waals surface area (Å²) >= 11 is 0. The number of halogens is 1. The van der Waals surface area contributed by atoms with E-state index in [1.807, 2.05) is 6.07 Å². The number of hydrogen-bond donors (Lipinski definition) is 1. The fourth-order valence-corrected chi connectivity index (χ4v) is 4.30. The van der Waals surface area contributed by atoms with E-state index in [1.165, 1.54) is 29.0 Å². The molecule has 3 aromatic rings. The molecule has 1 saturated heterocycles. The Morgan fingerprint density at radius 3 is 2.72 bits per heavy atom. The Bertz CT molecular complexity index is 1140. The van der Waals surface area contributed by atoms with Gasteiger partial charge in [-0.3, -0.25) is 4.98 Å². The Balaban J connectivity index is 1.36. The third kappa shape index (κ3) is 4.48. The van der Waals surface area contributed by atoms with Gasteiger partial charge in [-0.15, -0.1) is 0 Å². The smallest absolute Gasteiger partial charge is 0.165 e. The molecule has 5 rings (SSSR count). The van der Waals surface area contributed by atoms with Crippen LogP contribution >= 0.6 is 0 Å². The molecule has 2 aromatic heterocycles. The van der Waals surface area contributed by atoms with Crippen molar-refractivity contribution < 1.29 is 4.39 Å². The standard InChI is InChI=1S/C25H27FN6/c1-31-10-12-32(13-11-31)24-15-23(29-25(30-24)20-14-21(26)17-27-16-20)28-9-8-19-7-6-18-4-2-3-5-22(18)19/h2-5,7,14-17H,6,8-13H2,1H3,(H,28,29,30). The molecule has 0 unspecified atom stereocenters. The molecule has 0 atom stereocenters. The minimum absolute atomic E-state index is 0.391. The Kier molecular flexibility index (Phi) is 5.81. The van der Waals surface area contributed by atoms with Crippen molar-refractivity contribution in [3.63, 3.8) is 0 Å². The number of piperazine rings is 1. The number of likely N-dealkylation sites (N-methyl/N-ethyl adjacent to an activating group) is 1. The van der Waals surface area contributed by atoms with Gasteiger partial charge in [-0.2, -0.15) is 0 Å². The summed E-state index contributed by atoms with van der Waals surface area (Å²) in [6.07, 6.45) is 7.03. The number of allylic oxidation sites excluding steroid dienone is 1. The summed E-state index contributed by atoms with van der Waals surface area (Å²) in [6, 6.07) is 12.0. The first kappa shape index (κ1) is 20.6. The molecule has 1 fully saturated rings. The van der Waals surface area contributed by atoms with Gasteiger partial charge in [0.2, 0.25) is 0 Å². The number of benzene rings is 1. The largest absolute Gasteiger partial charge is 0.370 e. The molecule has 1 aliphatic carbocycles. The molecule has 3 heterocycles. The molecule has 1 N–H and O–H groups in total. The van der Waals surface area contributed by atoms with Gasteiger partial charge in [0, 0.05) is 50.6 Å². The minimum atomic E-state index is -0.391. The molecular weight excluding hydrogens is 403 g/mol. The van der Waals surface area contributed by atoms with Gasteiger partial charge in [0.1, 0.15) is 17.5 Å². The predicted octanol–water partition coefficient (Wildman–Crippen LogP) is 3.87. The van der Waals surface area contributed by atoms with Crippen molar-refractivity contribution in [2.75, 3.05) is 50.0 Å². The summed E-state index contributed by atoms with van der Waals surface area (Å²) in [5, 5.41) is 3.47. The molecular formula is C25H27FN6. The normalized spacial score (nSPS) is 16.1. The maximum Gasteiger partial charge on any atom is 0.165 e. The van der Waals surface area contributed by atoms with Crippen LogP contribution < -0.4 is 10.2 Å². The van der Waals surface area contributed by atoms with E-state index in [2.05, 4.69) is 62.5 Å². The van der Waals surface area contributed by atoms with Crippen LogP contribution in [0.5, 0.6) is 0 Å². The van der Waals surface area contributed by atoms with E-state index >= 15 is 0 Å². The number of fused-ring (bicyclic) bond motifs is 1. The quantitative estimate of drug-likeness (QED) is 0.641. The molecule has 0 amide bonds. The highest BCUT2D eigenvalue weighted by molar-refractivity contribution is 5.73. The second-order valence-corrected chi connectivity index (χ2v) is 8.38. The Labute approximate surface area is 187 Å². The zero-order chi connectivity index (χ0) is 21.9. The van der Waals surface area contributed by atoms with Gasteiger partial charge >= 0.3 is 0 Å². The van der Waals surface area contributed by atoms with Crippen molar-refractivity contribution in [2.45, 2.75) is 12.8 Å². The van der Waals surface area contributed by atoms with Crippen LogP contribution in [0.2, 0.25) is 0 Å². The molecule has 32 heavy (non-hydrogen) atoms. The third-order valence-corrected chi connectivity index (χ3v) is 6.14. The maximum atomic E-state index is 13.8. The molecule has 0 radical (unpaired) electrons. The lowest BCUT2D eigenvalue weighted by Gasteiger charge is -2.33. The van der Waals surface area contributed by atoms with Gasteiger partial charge in [-0.25, -0.2) is 14.4 Å². The number of anilines is 2. The van der Waals surface area contributed by atoms with E-state index in [9.17, 15) is 4.39 Å². The fourth-order valence-electron chi connectivity index (χ4n) is 4.30. The highest BCUT2D eigenvalue weighted by atomic mass is 19.1. The summed E-state index contributed by atoms with van der Waals surface area (Å²) < 4.78 is 13.8. The van der Waals surface area contributed by atoms with Crippen molar-refractivity contribution >= 4 is 17.2 Å². The molecule has 2 aliphatic rings. The molecule has 1 aromatic carbocycles. The summed E-state index contributed by atoms with van der Waals surface area (Å²) in [6.45, 7) is 4.53. The van der Waals surface area contributed by atoms with E-state index in [1.54, 1.807) is 6.20 Å². The molecule has 0 saturated carbocycles. The predicted molar refractivity (Wildman–Crippen MR) is 126 cm³/mol. The van der Waals surface area contributed by atoms with Crippen LogP contribution in [0.4, 0.5) is 16.0 Å². The van der Waals surface area contributed by atoms with E-state index in [4.69, 9.17) is 4.98 Å². The highest BCUT2D eigenvalue weighted by Crippen LogP contribution is 2.30. The Morgan fingerprint density at radius 2 is 1.88 bits per heavy atom. The van der Waals surface area contributed by atoms with Gasteiger partial charge in [0.25, 0.3) is 0 Å². The summed E-state index contributed by atoms with van der Waals surface area (Å²) in [5.41, 5.74) is 4.69. The average molecular weight is 431 g/mol. The van der Waals surface area contributed by atoms with Gasteiger partial charge < -0.3 is 15.1 Å². The summed E-state index contributed by atoms with van der Waals surface area (Å²) in [5.74, 6) is 1.71. The topological polar surface area (TPSA) is 57.2 Å². The van der Waals surface area contributed by atoms with Gasteiger partial charge in [0.05, 0.1) is 6.20 Å². The van der Waals surface area contributed by atoms with Crippen LogP contribution in [0.1, 0.15) is 17.5 Å². The van der Waals surface area contributed by atoms with Crippen LogP contribution in [0.3, 0.4) is 0 Å². The van der Waals surface area contributed by atoms with Crippen molar-refractivity contribution in [3.8, 4) is 11.4 Å². The SMILES string of the molecule is CN1CCN(c2cc(NCCC3=CCc4ccccc43)nc(-c3cncc(F)c3)n2)CC1. The number of nitrogens with zero attached hydrogens (tertiary/aromatic N) is 5. The average Bonchev–Trinajstić information content (AvgIpc) is 3.22. The van der Waals surface area contributed by atoms with Crippen LogP contribution in [-0.4, -0.2) is 59.6 Å². The number of rotatable bonds is 6. The summed E-state index contributed by atoms with van der Waals surface area (Å²) in [7, 11) is 2.13. The molecule has 164 valence electrons. The van der Waals surface area contributed by atoms with E-state index in [-0.39, 0.29) is 0 Å². The maximum absolute atomic E-state index is 13.8. The van der Waals surface area contributed by atoms with E-state index in [0.29, 0.717) is 11.4 Å². The first-order chi connectivity index (χ1) is 15.7. The highest BCUT2D eigenvalue weighted by Gasteiger charge is 2.18. The van der Waals surface area contributed by atoms with Crippen molar-refractivity contribution in [1.82, 2.24) is 19.9 Å². The van der Waals surface area contributed by atoms with Gasteiger partial charge in [0.15, 0.2) is 5.82 Å². The van der Waals surface area contributed by atoms with Crippen LogP contribution in [0.15, 0.2) is 54.9 Å². The lowest BCUT2D eigenvalue weighted by atomic mass is 10.0. The molecule has 0 bridgehead atoms. The van der Waals surface area contributed by atoms with Gasteiger partial charge in [-0.1, -0.05) is 30.3 Å². The van der Waals surface area contributed by atoms with Gasteiger partial charge in [-0.05, 0) is 42.7 Å². The second-order valence-electron chi connectivity index (χ2n) is 8.38. The fraction of sp³-hybridized carbons (Fsp3) is 0.320. The van der Waals surface area contributed by atoms with Crippen molar-refractivity contribution in [2.24, 2.45) is 0 Å². The minimum Gasteiger partial charge on any atom is -0.370 e. The Hall–Kier alpha value is -3.32. The van der Waals surface area contributed by atoms with Crippen LogP contribution in [-0.2, 0) is 6.42 Å². The lowest BCUT2D eigenvalue weighted by Crippen LogP contribution is -2.44. The third-order valence-electron chi connectivity index (χ3n) is 6.14. The zero-order valence-electron chi connectivity index (χ0n) is 18.3. The molecule has 1 aliphatic heterocycles. The van der Waals surface area contributed by atoms with Crippen LogP contribution in [0, 0.1) is 5.82 Å².